The number of nitriles is 1. The zero-order chi connectivity index (χ0) is 24.4. The minimum atomic E-state index is -0.308. The fraction of sp³-hybridized carbons (Fsp3) is 0.280. The molecule has 1 unspecified atom stereocenters. The van der Waals surface area contributed by atoms with E-state index in [-0.39, 0.29) is 23.5 Å². The number of benzene rings is 1. The summed E-state index contributed by atoms with van der Waals surface area (Å²) in [4.78, 5) is 34.8. The molecule has 10 nitrogen and oxygen atoms in total. The third-order valence-electron chi connectivity index (χ3n) is 6.01. The Morgan fingerprint density at radius 2 is 2.14 bits per heavy atom. The number of anilines is 2. The van der Waals surface area contributed by atoms with Crippen molar-refractivity contribution in [3.63, 3.8) is 0 Å². The monoisotopic (exact) mass is 473 g/mol. The molecule has 2 aliphatic heterocycles. The van der Waals surface area contributed by atoms with Crippen LogP contribution in [0.25, 0.3) is 0 Å². The van der Waals surface area contributed by atoms with Gasteiger partial charge in [-0.3, -0.25) is 9.59 Å². The summed E-state index contributed by atoms with van der Waals surface area (Å²) in [6.07, 6.45) is 3.64. The first-order chi connectivity index (χ1) is 17.1. The van der Waals surface area contributed by atoms with Crippen molar-refractivity contribution >= 4 is 17.3 Å². The lowest BCUT2D eigenvalue weighted by Gasteiger charge is -2.31. The summed E-state index contributed by atoms with van der Waals surface area (Å²) in [6.45, 7) is 2.04. The predicted molar refractivity (Wildman–Crippen MR) is 126 cm³/mol. The lowest BCUT2D eigenvalue weighted by atomic mass is 10.2. The summed E-state index contributed by atoms with van der Waals surface area (Å²) in [7, 11) is 1.48. The first-order valence-electron chi connectivity index (χ1n) is 11.2. The fourth-order valence-electron chi connectivity index (χ4n) is 4.33. The molecular formula is C25H23N5O5. The average Bonchev–Trinajstić information content (AvgIpc) is 3.35. The Hall–Kier alpha value is -4.52. The number of nitrogens with one attached hydrogen (secondary N) is 1. The minimum absolute atomic E-state index is 0.176. The second-order valence-electron chi connectivity index (χ2n) is 8.21. The molecule has 3 aromatic rings. The molecule has 178 valence electrons. The zero-order valence-corrected chi connectivity index (χ0v) is 19.1. The van der Waals surface area contributed by atoms with Crippen LogP contribution in [0.1, 0.15) is 22.3 Å². The van der Waals surface area contributed by atoms with Crippen LogP contribution in [0.3, 0.4) is 0 Å². The van der Waals surface area contributed by atoms with Crippen molar-refractivity contribution in [2.75, 3.05) is 38.3 Å². The molecule has 0 aliphatic carbocycles. The molecule has 1 fully saturated rings. The normalized spacial score (nSPS) is 16.7. The van der Waals surface area contributed by atoms with Gasteiger partial charge in [-0.25, -0.2) is 4.98 Å². The van der Waals surface area contributed by atoms with Crippen LogP contribution in [0.4, 0.5) is 11.4 Å². The number of H-pyrrole nitrogens is 1. The summed E-state index contributed by atoms with van der Waals surface area (Å²) < 4.78 is 17.2. The van der Waals surface area contributed by atoms with E-state index in [1.165, 1.54) is 19.4 Å². The molecule has 0 radical (unpaired) electrons. The third-order valence-corrected chi connectivity index (χ3v) is 6.01. The van der Waals surface area contributed by atoms with Crippen LogP contribution in [0.2, 0.25) is 0 Å². The van der Waals surface area contributed by atoms with E-state index < -0.39 is 0 Å². The summed E-state index contributed by atoms with van der Waals surface area (Å²) in [6, 6.07) is 12.4. The fourth-order valence-corrected chi connectivity index (χ4v) is 4.33. The molecule has 1 saturated heterocycles. The molecule has 4 heterocycles. The standard InChI is InChI=1S/C25H23N5O5/c1-33-24-17(13-26)10-18(14-28-24)30-8-9-34-22-3-2-19(12-21(22)30)35-20-5-7-29(15-20)25(32)16-4-6-27-23(31)11-16/h2-4,6,10-12,14,20H,5,7-9,15H2,1H3,(H,27,31). The molecule has 0 bridgehead atoms. The van der Waals surface area contributed by atoms with Crippen molar-refractivity contribution in [3.8, 4) is 23.4 Å². The highest BCUT2D eigenvalue weighted by Gasteiger charge is 2.29. The minimum Gasteiger partial charge on any atom is -0.490 e. The van der Waals surface area contributed by atoms with E-state index in [9.17, 15) is 14.9 Å². The lowest BCUT2D eigenvalue weighted by molar-refractivity contribution is 0.0772. The Kier molecular flexibility index (Phi) is 5.97. The number of hydrogen-bond donors (Lipinski definition) is 1. The highest BCUT2D eigenvalue weighted by Crippen LogP contribution is 2.40. The van der Waals surface area contributed by atoms with Crippen molar-refractivity contribution in [1.82, 2.24) is 14.9 Å². The molecule has 2 aliphatic rings. The highest BCUT2D eigenvalue weighted by molar-refractivity contribution is 5.94. The third kappa shape index (κ3) is 4.48. The number of aromatic nitrogens is 2. The summed E-state index contributed by atoms with van der Waals surface area (Å²) in [5.41, 5.74) is 1.96. The predicted octanol–water partition coefficient (Wildman–Crippen LogP) is 2.47. The molecule has 1 amide bonds. The Morgan fingerprint density at radius 1 is 1.26 bits per heavy atom. The van der Waals surface area contributed by atoms with E-state index in [0.717, 1.165) is 11.4 Å². The second-order valence-corrected chi connectivity index (χ2v) is 8.21. The Labute approximate surface area is 201 Å². The zero-order valence-electron chi connectivity index (χ0n) is 19.1. The van der Waals surface area contributed by atoms with Crippen LogP contribution in [0, 0.1) is 11.3 Å². The molecule has 1 atom stereocenters. The summed E-state index contributed by atoms with van der Waals surface area (Å²) >= 11 is 0. The summed E-state index contributed by atoms with van der Waals surface area (Å²) in [5.74, 6) is 1.45. The van der Waals surface area contributed by atoms with Crippen molar-refractivity contribution in [2.45, 2.75) is 12.5 Å². The maximum atomic E-state index is 12.7. The van der Waals surface area contributed by atoms with Crippen molar-refractivity contribution < 1.29 is 19.0 Å². The van der Waals surface area contributed by atoms with Gasteiger partial charge >= 0.3 is 0 Å². The van der Waals surface area contributed by atoms with Gasteiger partial charge in [0.25, 0.3) is 5.91 Å². The smallest absolute Gasteiger partial charge is 0.254 e. The van der Waals surface area contributed by atoms with E-state index >= 15 is 0 Å². The van der Waals surface area contributed by atoms with Crippen LogP contribution in [0.15, 0.2) is 53.6 Å². The highest BCUT2D eigenvalue weighted by atomic mass is 16.5. The molecule has 0 saturated carbocycles. The number of ether oxygens (including phenoxy) is 3. The van der Waals surface area contributed by atoms with E-state index in [1.807, 2.05) is 23.1 Å². The number of aromatic amines is 1. The van der Waals surface area contributed by atoms with Crippen LogP contribution in [0.5, 0.6) is 17.4 Å². The average molecular weight is 473 g/mol. The van der Waals surface area contributed by atoms with Gasteiger partial charge in [0.2, 0.25) is 11.4 Å². The number of hydrogen-bond acceptors (Lipinski definition) is 8. The number of amides is 1. The Balaban J connectivity index is 1.33. The van der Waals surface area contributed by atoms with Gasteiger partial charge in [0.15, 0.2) is 0 Å². The number of pyridine rings is 2. The van der Waals surface area contributed by atoms with E-state index in [1.54, 1.807) is 23.2 Å². The van der Waals surface area contributed by atoms with E-state index in [0.29, 0.717) is 55.3 Å². The van der Waals surface area contributed by atoms with Gasteiger partial charge in [0.05, 0.1) is 37.8 Å². The van der Waals surface area contributed by atoms with Gasteiger partial charge in [-0.05, 0) is 24.3 Å². The number of carbonyl (C=O) groups is 1. The van der Waals surface area contributed by atoms with Gasteiger partial charge in [0.1, 0.15) is 35.8 Å². The van der Waals surface area contributed by atoms with E-state index in [2.05, 4.69) is 16.0 Å². The first kappa shape index (κ1) is 22.3. The molecule has 0 spiro atoms. The SMILES string of the molecule is COc1ncc(N2CCOc3ccc(OC4CCN(C(=O)c5cc[nH]c(=O)c5)C4)cc32)cc1C#N. The van der Waals surface area contributed by atoms with Gasteiger partial charge < -0.3 is 29.0 Å². The van der Waals surface area contributed by atoms with Crippen molar-refractivity contribution in [3.05, 3.63) is 70.3 Å². The number of rotatable bonds is 5. The molecule has 35 heavy (non-hydrogen) atoms. The second kappa shape index (κ2) is 9.38. The van der Waals surface area contributed by atoms with Gasteiger partial charge in [-0.2, -0.15) is 5.26 Å². The number of fused-ring (bicyclic) bond motifs is 1. The Morgan fingerprint density at radius 3 is 2.94 bits per heavy atom. The van der Waals surface area contributed by atoms with E-state index in [4.69, 9.17) is 14.2 Å². The van der Waals surface area contributed by atoms with Gasteiger partial charge in [-0.15, -0.1) is 0 Å². The van der Waals surface area contributed by atoms with Crippen molar-refractivity contribution in [1.29, 1.82) is 5.26 Å². The maximum absolute atomic E-state index is 12.7. The largest absolute Gasteiger partial charge is 0.490 e. The molecule has 5 rings (SSSR count). The van der Waals surface area contributed by atoms with Crippen LogP contribution < -0.4 is 24.7 Å². The number of methoxy groups -OCH3 is 1. The topological polar surface area (TPSA) is 121 Å². The maximum Gasteiger partial charge on any atom is 0.254 e. The van der Waals surface area contributed by atoms with Crippen LogP contribution in [-0.2, 0) is 0 Å². The molecular weight excluding hydrogens is 450 g/mol. The number of carbonyl (C=O) groups excluding carboxylic acids is 1. The molecule has 10 heteroatoms. The van der Waals surface area contributed by atoms with Crippen LogP contribution >= 0.6 is 0 Å². The van der Waals surface area contributed by atoms with Gasteiger partial charge in [-0.1, -0.05) is 0 Å². The Bertz CT molecular complexity index is 1360. The van der Waals surface area contributed by atoms with Crippen LogP contribution in [-0.4, -0.2) is 60.2 Å². The van der Waals surface area contributed by atoms with Gasteiger partial charge in [0, 0.05) is 36.9 Å². The molecule has 1 N–H and O–H groups in total. The summed E-state index contributed by atoms with van der Waals surface area (Å²) in [5, 5.41) is 9.44. The molecule has 2 aromatic heterocycles. The number of nitrogens with zero attached hydrogens (tertiary/aromatic N) is 4. The molecule has 1 aromatic carbocycles. The van der Waals surface area contributed by atoms with Crippen molar-refractivity contribution in [2.24, 2.45) is 0 Å². The lowest BCUT2D eigenvalue weighted by Crippen LogP contribution is -2.31. The number of likely N-dealkylation sites (tertiary alicyclic amines) is 1. The first-order valence-corrected chi connectivity index (χ1v) is 11.2. The quantitative estimate of drug-likeness (QED) is 0.600.